The quantitative estimate of drug-likeness (QED) is 0.558. The molecule has 1 aromatic carbocycles. The van der Waals surface area contributed by atoms with Crippen LogP contribution < -0.4 is 5.48 Å². The van der Waals surface area contributed by atoms with Gasteiger partial charge in [-0.1, -0.05) is 30.3 Å². The minimum absolute atomic E-state index is 0.0474. The molecule has 6 heteroatoms. The van der Waals surface area contributed by atoms with Crippen LogP contribution in [0, 0.1) is 0 Å². The molecule has 3 aromatic rings. The number of hydroxylamine groups is 1. The normalized spacial score (nSPS) is 10.7. The van der Waals surface area contributed by atoms with E-state index in [1.54, 1.807) is 22.3 Å². The lowest BCUT2D eigenvalue weighted by Crippen LogP contribution is -2.24. The zero-order valence-electron chi connectivity index (χ0n) is 10.5. The predicted molar refractivity (Wildman–Crippen MR) is 72.9 cm³/mol. The second-order valence-electron chi connectivity index (χ2n) is 4.27. The van der Waals surface area contributed by atoms with E-state index in [-0.39, 0.29) is 6.54 Å². The second-order valence-corrected chi connectivity index (χ2v) is 4.27. The number of rotatable bonds is 3. The number of fused-ring (bicyclic) bond motifs is 1. The number of pyridine rings is 1. The van der Waals surface area contributed by atoms with Crippen molar-refractivity contribution in [2.24, 2.45) is 0 Å². The van der Waals surface area contributed by atoms with Gasteiger partial charge in [-0.2, -0.15) is 0 Å². The van der Waals surface area contributed by atoms with Crippen LogP contribution in [-0.4, -0.2) is 25.6 Å². The van der Waals surface area contributed by atoms with Crippen LogP contribution in [0.1, 0.15) is 0 Å². The third-order valence-corrected chi connectivity index (χ3v) is 2.96. The van der Waals surface area contributed by atoms with Crippen molar-refractivity contribution in [1.82, 2.24) is 20.0 Å². The van der Waals surface area contributed by atoms with Crippen LogP contribution in [0.2, 0.25) is 0 Å². The molecule has 0 saturated carbocycles. The summed E-state index contributed by atoms with van der Waals surface area (Å²) >= 11 is 0. The molecule has 6 nitrogen and oxygen atoms in total. The third-order valence-electron chi connectivity index (χ3n) is 2.96. The van der Waals surface area contributed by atoms with Gasteiger partial charge in [-0.05, 0) is 12.1 Å². The highest BCUT2D eigenvalue weighted by Crippen LogP contribution is 2.23. The van der Waals surface area contributed by atoms with Crippen molar-refractivity contribution in [3.8, 4) is 11.4 Å². The van der Waals surface area contributed by atoms with Gasteiger partial charge >= 0.3 is 0 Å². The summed E-state index contributed by atoms with van der Waals surface area (Å²) in [5.74, 6) is 0.120. The number of carbonyl (C=O) groups excluding carboxylic acids is 1. The minimum Gasteiger partial charge on any atom is -0.299 e. The average Bonchev–Trinajstić information content (AvgIpc) is 2.87. The molecule has 2 heterocycles. The molecule has 2 N–H and O–H groups in total. The number of amides is 1. The highest BCUT2D eigenvalue weighted by atomic mass is 16.5. The lowest BCUT2D eigenvalue weighted by atomic mass is 10.2. The van der Waals surface area contributed by atoms with E-state index in [4.69, 9.17) is 5.21 Å². The molecular formula is C14H12N4O2. The molecule has 1 amide bonds. The molecular weight excluding hydrogens is 256 g/mol. The molecule has 0 aliphatic carbocycles. The minimum atomic E-state index is -0.521. The molecule has 100 valence electrons. The predicted octanol–water partition coefficient (Wildman–Crippen LogP) is 1.60. The van der Waals surface area contributed by atoms with Gasteiger partial charge in [0.2, 0.25) is 0 Å². The number of hydrogen-bond acceptors (Lipinski definition) is 4. The molecule has 3 rings (SSSR count). The maximum absolute atomic E-state index is 11.5. The van der Waals surface area contributed by atoms with Gasteiger partial charge in [-0.15, -0.1) is 0 Å². The molecule has 20 heavy (non-hydrogen) atoms. The topological polar surface area (TPSA) is 80.0 Å². The summed E-state index contributed by atoms with van der Waals surface area (Å²) in [5, 5.41) is 8.71. The summed E-state index contributed by atoms with van der Waals surface area (Å²) in [6.45, 7) is -0.0474. The lowest BCUT2D eigenvalue weighted by Gasteiger charge is -2.07. The monoisotopic (exact) mass is 268 g/mol. The maximum atomic E-state index is 11.5. The standard InChI is InChI=1S/C14H12N4O2/c19-12(17-20)9-18-13(10-5-2-1-3-6-10)16-11-7-4-8-15-14(11)18/h1-8,20H,9H2,(H,17,19). The number of nitrogens with zero attached hydrogens (tertiary/aromatic N) is 3. The van der Waals surface area contributed by atoms with Crippen LogP contribution >= 0.6 is 0 Å². The molecule has 0 atom stereocenters. The van der Waals surface area contributed by atoms with Crippen LogP contribution in [0.15, 0.2) is 48.7 Å². The van der Waals surface area contributed by atoms with Gasteiger partial charge < -0.3 is 0 Å². The van der Waals surface area contributed by atoms with Crippen molar-refractivity contribution in [1.29, 1.82) is 0 Å². The Balaban J connectivity index is 2.20. The van der Waals surface area contributed by atoms with Crippen molar-refractivity contribution in [3.05, 3.63) is 48.7 Å². The van der Waals surface area contributed by atoms with Gasteiger partial charge in [0, 0.05) is 11.8 Å². The molecule has 0 fully saturated rings. The van der Waals surface area contributed by atoms with E-state index in [1.807, 2.05) is 36.4 Å². The number of benzene rings is 1. The molecule has 0 unspecified atom stereocenters. The zero-order valence-corrected chi connectivity index (χ0v) is 10.5. The number of nitrogens with one attached hydrogen (secondary N) is 1. The Morgan fingerprint density at radius 1 is 1.20 bits per heavy atom. The maximum Gasteiger partial charge on any atom is 0.263 e. The lowest BCUT2D eigenvalue weighted by molar-refractivity contribution is -0.129. The fourth-order valence-corrected chi connectivity index (χ4v) is 2.09. The highest BCUT2D eigenvalue weighted by Gasteiger charge is 2.15. The summed E-state index contributed by atoms with van der Waals surface area (Å²) in [6.07, 6.45) is 1.64. The van der Waals surface area contributed by atoms with Crippen molar-refractivity contribution < 1.29 is 10.0 Å². The zero-order chi connectivity index (χ0) is 13.9. The molecule has 0 radical (unpaired) electrons. The summed E-state index contributed by atoms with van der Waals surface area (Å²) in [5.41, 5.74) is 3.83. The Labute approximate surface area is 114 Å². The van der Waals surface area contributed by atoms with Gasteiger partial charge in [0.25, 0.3) is 5.91 Å². The largest absolute Gasteiger partial charge is 0.299 e. The van der Waals surface area contributed by atoms with E-state index in [0.29, 0.717) is 17.0 Å². The average molecular weight is 268 g/mol. The highest BCUT2D eigenvalue weighted by molar-refractivity contribution is 5.81. The first-order valence-corrected chi connectivity index (χ1v) is 6.09. The summed E-state index contributed by atoms with van der Waals surface area (Å²) in [4.78, 5) is 20.2. The fraction of sp³-hybridized carbons (Fsp3) is 0.0714. The van der Waals surface area contributed by atoms with Gasteiger partial charge in [-0.3, -0.25) is 14.6 Å². The first-order valence-electron chi connectivity index (χ1n) is 6.09. The molecule has 0 spiro atoms. The number of imidazole rings is 1. The number of carbonyl (C=O) groups is 1. The van der Waals surface area contributed by atoms with E-state index in [2.05, 4.69) is 9.97 Å². The summed E-state index contributed by atoms with van der Waals surface area (Å²) in [6, 6.07) is 13.2. The molecule has 0 bridgehead atoms. The van der Waals surface area contributed by atoms with Crippen molar-refractivity contribution in [2.45, 2.75) is 6.54 Å². The second kappa shape index (κ2) is 5.10. The Kier molecular flexibility index (Phi) is 3.14. The van der Waals surface area contributed by atoms with Crippen LogP contribution in [0.3, 0.4) is 0 Å². The fourth-order valence-electron chi connectivity index (χ4n) is 2.09. The van der Waals surface area contributed by atoms with E-state index >= 15 is 0 Å². The molecule has 0 saturated heterocycles. The number of hydrogen-bond donors (Lipinski definition) is 2. The van der Waals surface area contributed by atoms with Crippen LogP contribution in [-0.2, 0) is 11.3 Å². The summed E-state index contributed by atoms with van der Waals surface area (Å²) in [7, 11) is 0. The van der Waals surface area contributed by atoms with Crippen LogP contribution in [0.5, 0.6) is 0 Å². The Morgan fingerprint density at radius 3 is 2.75 bits per heavy atom. The smallest absolute Gasteiger partial charge is 0.263 e. The van der Waals surface area contributed by atoms with E-state index < -0.39 is 5.91 Å². The van der Waals surface area contributed by atoms with Gasteiger partial charge in [0.15, 0.2) is 5.65 Å². The van der Waals surface area contributed by atoms with E-state index in [9.17, 15) is 4.79 Å². The van der Waals surface area contributed by atoms with E-state index in [1.165, 1.54) is 0 Å². The van der Waals surface area contributed by atoms with Gasteiger partial charge in [-0.25, -0.2) is 15.4 Å². The number of aromatic nitrogens is 3. The SMILES string of the molecule is O=C(Cn1c(-c2ccccc2)nc2cccnc21)NO. The first kappa shape index (κ1) is 12.3. The van der Waals surface area contributed by atoms with Crippen LogP contribution in [0.25, 0.3) is 22.6 Å². The molecule has 2 aromatic heterocycles. The Morgan fingerprint density at radius 2 is 2.00 bits per heavy atom. The van der Waals surface area contributed by atoms with Crippen molar-refractivity contribution in [3.63, 3.8) is 0 Å². The van der Waals surface area contributed by atoms with E-state index in [0.717, 1.165) is 5.56 Å². The molecule has 0 aliphatic rings. The van der Waals surface area contributed by atoms with Crippen molar-refractivity contribution >= 4 is 17.1 Å². The van der Waals surface area contributed by atoms with Crippen LogP contribution in [0.4, 0.5) is 0 Å². The summed E-state index contributed by atoms with van der Waals surface area (Å²) < 4.78 is 1.68. The third kappa shape index (κ3) is 2.12. The molecule has 0 aliphatic heterocycles. The first-order chi connectivity index (χ1) is 9.79. The van der Waals surface area contributed by atoms with Crippen molar-refractivity contribution in [2.75, 3.05) is 0 Å². The Bertz CT molecular complexity index is 752. The Hall–Kier alpha value is -2.73. The van der Waals surface area contributed by atoms with Gasteiger partial charge in [0.1, 0.15) is 17.9 Å². The van der Waals surface area contributed by atoms with Gasteiger partial charge in [0.05, 0.1) is 0 Å².